The minimum absolute atomic E-state index is 0.0201. The van der Waals surface area contributed by atoms with Crippen LogP contribution in [0.25, 0.3) is 11.1 Å². The van der Waals surface area contributed by atoms with E-state index in [-0.39, 0.29) is 11.3 Å². The topological polar surface area (TPSA) is 75.6 Å². The van der Waals surface area contributed by atoms with E-state index in [2.05, 4.69) is 5.32 Å². The predicted molar refractivity (Wildman–Crippen MR) is 93.7 cm³/mol. The molecular weight excluding hydrogens is 330 g/mol. The van der Waals surface area contributed by atoms with Gasteiger partial charge in [-0.25, -0.2) is 9.59 Å². The van der Waals surface area contributed by atoms with Gasteiger partial charge < -0.3 is 9.84 Å². The number of benzene rings is 2. The minimum atomic E-state index is -1.14. The van der Waals surface area contributed by atoms with Crippen molar-refractivity contribution < 1.29 is 19.4 Å². The lowest BCUT2D eigenvalue weighted by molar-refractivity contribution is 0.0636. The Morgan fingerprint density at radius 3 is 2.17 bits per heavy atom. The minimum Gasteiger partial charge on any atom is -0.478 e. The maximum atomic E-state index is 11.9. The van der Waals surface area contributed by atoms with Gasteiger partial charge in [0.05, 0.1) is 11.3 Å². The number of rotatable bonds is 3. The number of halogens is 1. The van der Waals surface area contributed by atoms with Gasteiger partial charge in [0.1, 0.15) is 5.60 Å². The van der Waals surface area contributed by atoms with Crippen LogP contribution in [0.2, 0.25) is 5.02 Å². The molecule has 0 heterocycles. The molecule has 0 aliphatic rings. The largest absolute Gasteiger partial charge is 0.478 e. The van der Waals surface area contributed by atoms with Crippen LogP contribution in [-0.2, 0) is 4.74 Å². The third-order valence-electron chi connectivity index (χ3n) is 3.06. The molecule has 1 amide bonds. The number of ether oxygens (including phenoxy) is 1. The molecule has 2 aromatic rings. The van der Waals surface area contributed by atoms with Crippen molar-refractivity contribution in [1.29, 1.82) is 0 Å². The Bertz CT molecular complexity index is 764. The average molecular weight is 348 g/mol. The molecular formula is C18H18ClNO4. The first kappa shape index (κ1) is 17.8. The van der Waals surface area contributed by atoms with Crippen molar-refractivity contribution >= 4 is 29.4 Å². The van der Waals surface area contributed by atoms with Crippen LogP contribution in [0.4, 0.5) is 10.5 Å². The van der Waals surface area contributed by atoms with E-state index >= 15 is 0 Å². The summed E-state index contributed by atoms with van der Waals surface area (Å²) in [4.78, 5) is 23.4. The number of anilines is 1. The summed E-state index contributed by atoms with van der Waals surface area (Å²) in [6.45, 7) is 5.19. The lowest BCUT2D eigenvalue weighted by Gasteiger charge is -2.20. The maximum absolute atomic E-state index is 11.9. The highest BCUT2D eigenvalue weighted by molar-refractivity contribution is 6.30. The number of hydrogen-bond acceptors (Lipinski definition) is 3. The zero-order valence-electron chi connectivity index (χ0n) is 13.6. The second kappa shape index (κ2) is 6.93. The Balaban J connectivity index is 2.32. The van der Waals surface area contributed by atoms with Crippen molar-refractivity contribution in [1.82, 2.24) is 0 Å². The molecule has 0 unspecified atom stereocenters. The highest BCUT2D eigenvalue weighted by Crippen LogP contribution is 2.27. The number of carboxylic acid groups (broad SMARTS) is 1. The Morgan fingerprint density at radius 1 is 1.04 bits per heavy atom. The Morgan fingerprint density at radius 2 is 1.62 bits per heavy atom. The molecule has 0 saturated carbocycles. The molecule has 2 N–H and O–H groups in total. The number of carbonyl (C=O) groups excluding carboxylic acids is 1. The van der Waals surface area contributed by atoms with E-state index in [1.165, 1.54) is 12.1 Å². The lowest BCUT2D eigenvalue weighted by Crippen LogP contribution is -2.27. The van der Waals surface area contributed by atoms with E-state index in [1.807, 2.05) is 0 Å². The van der Waals surface area contributed by atoms with Crippen LogP contribution in [0.15, 0.2) is 42.5 Å². The van der Waals surface area contributed by atoms with Gasteiger partial charge in [0.25, 0.3) is 0 Å². The first-order valence-electron chi connectivity index (χ1n) is 7.29. The van der Waals surface area contributed by atoms with Gasteiger partial charge in [0, 0.05) is 5.02 Å². The van der Waals surface area contributed by atoms with Gasteiger partial charge in [0.15, 0.2) is 0 Å². The molecule has 2 rings (SSSR count). The number of amides is 1. The van der Waals surface area contributed by atoms with Gasteiger partial charge >= 0.3 is 12.1 Å². The van der Waals surface area contributed by atoms with Crippen LogP contribution in [0.3, 0.4) is 0 Å². The summed E-state index contributed by atoms with van der Waals surface area (Å²) < 4.78 is 5.15. The molecule has 0 aliphatic heterocycles. The van der Waals surface area contributed by atoms with Crippen LogP contribution >= 0.6 is 11.6 Å². The van der Waals surface area contributed by atoms with Crippen molar-refractivity contribution in [3.63, 3.8) is 0 Å². The van der Waals surface area contributed by atoms with E-state index in [4.69, 9.17) is 16.3 Å². The Kier molecular flexibility index (Phi) is 5.14. The van der Waals surface area contributed by atoms with Crippen LogP contribution in [-0.4, -0.2) is 22.8 Å². The Hall–Kier alpha value is -2.53. The summed E-state index contributed by atoms with van der Waals surface area (Å²) in [5.74, 6) is -1.14. The molecule has 0 spiro atoms. The molecule has 0 bridgehead atoms. The van der Waals surface area contributed by atoms with Gasteiger partial charge in [0.2, 0.25) is 0 Å². The van der Waals surface area contributed by atoms with Crippen molar-refractivity contribution in [2.45, 2.75) is 26.4 Å². The number of nitrogens with one attached hydrogen (secondary N) is 1. The lowest BCUT2D eigenvalue weighted by atomic mass is 10.0. The van der Waals surface area contributed by atoms with E-state index < -0.39 is 17.7 Å². The number of hydrogen-bond donors (Lipinski definition) is 2. The number of aromatic carboxylic acids is 1. The summed E-state index contributed by atoms with van der Waals surface area (Å²) in [5.41, 5.74) is 1.02. The van der Waals surface area contributed by atoms with E-state index in [1.54, 1.807) is 51.1 Å². The third kappa shape index (κ3) is 4.73. The first-order chi connectivity index (χ1) is 11.2. The van der Waals surface area contributed by atoms with Crippen molar-refractivity contribution in [2.75, 3.05) is 5.32 Å². The molecule has 0 aliphatic carbocycles. The van der Waals surface area contributed by atoms with Crippen LogP contribution in [0.1, 0.15) is 31.1 Å². The molecule has 0 aromatic heterocycles. The molecule has 2 aromatic carbocycles. The van der Waals surface area contributed by atoms with Crippen LogP contribution in [0, 0.1) is 0 Å². The highest BCUT2D eigenvalue weighted by atomic mass is 35.5. The summed E-state index contributed by atoms with van der Waals surface area (Å²) >= 11 is 5.86. The van der Waals surface area contributed by atoms with E-state index in [0.717, 1.165) is 5.56 Å². The fourth-order valence-electron chi connectivity index (χ4n) is 2.07. The molecule has 0 radical (unpaired) electrons. The van der Waals surface area contributed by atoms with Gasteiger partial charge in [-0.05, 0) is 56.2 Å². The number of carbonyl (C=O) groups is 2. The molecule has 0 fully saturated rings. The van der Waals surface area contributed by atoms with Crippen molar-refractivity contribution in [2.24, 2.45) is 0 Å². The zero-order valence-corrected chi connectivity index (χ0v) is 14.3. The molecule has 126 valence electrons. The molecule has 5 nitrogen and oxygen atoms in total. The third-order valence-corrected chi connectivity index (χ3v) is 3.32. The molecule has 0 saturated heterocycles. The summed E-state index contributed by atoms with van der Waals surface area (Å²) in [7, 11) is 0. The monoisotopic (exact) mass is 347 g/mol. The fraction of sp³-hybridized carbons (Fsp3) is 0.222. The average Bonchev–Trinajstić information content (AvgIpc) is 2.46. The quantitative estimate of drug-likeness (QED) is 0.814. The maximum Gasteiger partial charge on any atom is 0.412 e. The SMILES string of the molecule is CC(C)(C)OC(=O)Nc1ccc(-c2ccc(Cl)cc2)cc1C(=O)O. The number of carboxylic acids is 1. The Labute approximate surface area is 145 Å². The first-order valence-corrected chi connectivity index (χ1v) is 7.67. The summed E-state index contributed by atoms with van der Waals surface area (Å²) in [6.07, 6.45) is -0.704. The standard InChI is InChI=1S/C18H18ClNO4/c1-18(2,3)24-17(23)20-15-9-6-12(10-14(15)16(21)22)11-4-7-13(19)8-5-11/h4-10H,1-3H3,(H,20,23)(H,21,22). The second-order valence-corrected chi connectivity index (χ2v) is 6.64. The predicted octanol–water partition coefficient (Wildman–Crippen LogP) is 5.05. The molecule has 24 heavy (non-hydrogen) atoms. The van der Waals surface area contributed by atoms with Crippen LogP contribution in [0.5, 0.6) is 0 Å². The molecule has 6 heteroatoms. The highest BCUT2D eigenvalue weighted by Gasteiger charge is 2.19. The van der Waals surface area contributed by atoms with Gasteiger partial charge in [-0.1, -0.05) is 29.8 Å². The van der Waals surface area contributed by atoms with Gasteiger partial charge in [-0.3, -0.25) is 5.32 Å². The van der Waals surface area contributed by atoms with Gasteiger partial charge in [-0.2, -0.15) is 0 Å². The van der Waals surface area contributed by atoms with Crippen LogP contribution < -0.4 is 5.32 Å². The zero-order chi connectivity index (χ0) is 17.9. The second-order valence-electron chi connectivity index (χ2n) is 6.20. The fourth-order valence-corrected chi connectivity index (χ4v) is 2.19. The normalized spacial score (nSPS) is 11.0. The summed E-state index contributed by atoms with van der Waals surface area (Å²) in [6, 6.07) is 11.8. The van der Waals surface area contributed by atoms with Crippen molar-refractivity contribution in [3.8, 4) is 11.1 Å². The molecule has 0 atom stereocenters. The van der Waals surface area contributed by atoms with E-state index in [9.17, 15) is 14.7 Å². The van der Waals surface area contributed by atoms with Gasteiger partial charge in [-0.15, -0.1) is 0 Å². The van der Waals surface area contributed by atoms with Crippen molar-refractivity contribution in [3.05, 3.63) is 53.1 Å². The smallest absolute Gasteiger partial charge is 0.412 e. The van der Waals surface area contributed by atoms with E-state index in [0.29, 0.717) is 10.6 Å². The summed E-state index contributed by atoms with van der Waals surface area (Å²) in [5, 5.41) is 12.5.